The van der Waals surface area contributed by atoms with Gasteiger partial charge in [-0.2, -0.15) is 0 Å². The molecule has 0 unspecified atom stereocenters. The highest BCUT2D eigenvalue weighted by Gasteiger charge is 2.11. The van der Waals surface area contributed by atoms with Crippen molar-refractivity contribution in [2.75, 3.05) is 5.75 Å². The molecule has 2 N–H and O–H groups in total. The van der Waals surface area contributed by atoms with Gasteiger partial charge in [-0.15, -0.1) is 0 Å². The maximum atomic E-state index is 12.7. The Morgan fingerprint density at radius 1 is 1.26 bits per heavy atom. The number of hydrogen-bond acceptors (Lipinski definition) is 4. The summed E-state index contributed by atoms with van der Waals surface area (Å²) in [6, 6.07) is 7.38. The maximum Gasteiger partial charge on any atom is 0.262 e. The number of nitrogens with two attached hydrogens (primary N) is 1. The van der Waals surface area contributed by atoms with Gasteiger partial charge in [0, 0.05) is 18.7 Å². The fraction of sp³-hybridized carbons (Fsp3) is 0.471. The normalized spacial score (nSPS) is 11.0. The second kappa shape index (κ2) is 8.72. The number of unbranched alkanes of at least 4 members (excludes halogenated alkanes) is 3. The Morgan fingerprint density at radius 2 is 2.04 bits per heavy atom. The van der Waals surface area contributed by atoms with E-state index in [1.165, 1.54) is 18.2 Å². The Labute approximate surface area is 140 Å². The van der Waals surface area contributed by atoms with Crippen LogP contribution in [0.4, 0.5) is 0 Å². The molecule has 1 amide bonds. The van der Waals surface area contributed by atoms with E-state index in [-0.39, 0.29) is 17.9 Å². The van der Waals surface area contributed by atoms with Crippen molar-refractivity contribution >= 4 is 28.6 Å². The van der Waals surface area contributed by atoms with E-state index in [2.05, 4.69) is 11.9 Å². The number of primary amides is 1. The van der Waals surface area contributed by atoms with Crippen LogP contribution in [0.25, 0.3) is 10.9 Å². The lowest BCUT2D eigenvalue weighted by Crippen LogP contribution is -2.23. The van der Waals surface area contributed by atoms with Crippen LogP contribution in [0.15, 0.2) is 34.2 Å². The number of benzene rings is 1. The van der Waals surface area contributed by atoms with E-state index in [0.717, 1.165) is 19.3 Å². The summed E-state index contributed by atoms with van der Waals surface area (Å²) in [5.41, 5.74) is 5.88. The highest BCUT2D eigenvalue weighted by molar-refractivity contribution is 7.99. The molecule has 1 aromatic heterocycles. The smallest absolute Gasteiger partial charge is 0.262 e. The molecular formula is C17H23N3O2S. The van der Waals surface area contributed by atoms with Crippen molar-refractivity contribution in [2.45, 2.75) is 50.7 Å². The van der Waals surface area contributed by atoms with Gasteiger partial charge in [-0.05, 0) is 18.6 Å². The number of nitrogens with zero attached hydrogens (tertiary/aromatic N) is 2. The molecule has 0 aliphatic carbocycles. The molecule has 0 bridgehead atoms. The maximum absolute atomic E-state index is 12.7. The van der Waals surface area contributed by atoms with Gasteiger partial charge in [0.1, 0.15) is 0 Å². The van der Waals surface area contributed by atoms with Gasteiger partial charge < -0.3 is 5.73 Å². The fourth-order valence-electron chi connectivity index (χ4n) is 2.39. The molecule has 5 nitrogen and oxygen atoms in total. The van der Waals surface area contributed by atoms with E-state index < -0.39 is 0 Å². The van der Waals surface area contributed by atoms with Gasteiger partial charge in [0.15, 0.2) is 5.16 Å². The quantitative estimate of drug-likeness (QED) is 0.435. The van der Waals surface area contributed by atoms with Crippen LogP contribution in [0, 0.1) is 0 Å². The predicted octanol–water partition coefficient (Wildman–Crippen LogP) is 2.94. The Kier molecular flexibility index (Phi) is 6.65. The zero-order valence-corrected chi connectivity index (χ0v) is 14.3. The molecule has 2 rings (SSSR count). The lowest BCUT2D eigenvalue weighted by Gasteiger charge is -2.12. The highest BCUT2D eigenvalue weighted by atomic mass is 32.2. The first kappa shape index (κ1) is 17.5. The summed E-state index contributed by atoms with van der Waals surface area (Å²) < 4.78 is 1.74. The van der Waals surface area contributed by atoms with E-state index in [0.29, 0.717) is 28.4 Å². The van der Waals surface area contributed by atoms with Gasteiger partial charge in [-0.3, -0.25) is 14.2 Å². The van der Waals surface area contributed by atoms with Crippen LogP contribution in [0.1, 0.15) is 39.0 Å². The lowest BCUT2D eigenvalue weighted by atomic mass is 10.2. The third kappa shape index (κ3) is 4.82. The van der Waals surface area contributed by atoms with Crippen LogP contribution >= 0.6 is 11.8 Å². The number of thioether (sulfide) groups is 1. The topological polar surface area (TPSA) is 78.0 Å². The number of rotatable bonds is 9. The summed E-state index contributed by atoms with van der Waals surface area (Å²) in [5.74, 6) is 0.199. The molecule has 124 valence electrons. The molecule has 2 aromatic rings. The van der Waals surface area contributed by atoms with E-state index in [1.807, 2.05) is 24.3 Å². The molecule has 1 aromatic carbocycles. The van der Waals surface area contributed by atoms with Gasteiger partial charge in [-0.25, -0.2) is 4.98 Å². The molecule has 0 saturated carbocycles. The van der Waals surface area contributed by atoms with Crippen LogP contribution in [-0.4, -0.2) is 21.2 Å². The first-order chi connectivity index (χ1) is 11.1. The number of carbonyl (C=O) groups is 1. The molecular weight excluding hydrogens is 310 g/mol. The molecule has 0 atom stereocenters. The number of fused-ring (bicyclic) bond motifs is 1. The van der Waals surface area contributed by atoms with E-state index in [4.69, 9.17) is 5.73 Å². The Bertz CT molecular complexity index is 727. The van der Waals surface area contributed by atoms with Crippen molar-refractivity contribution in [3.05, 3.63) is 34.6 Å². The number of hydrogen-bond donors (Lipinski definition) is 1. The average Bonchev–Trinajstić information content (AvgIpc) is 2.53. The SMILES string of the molecule is CCCCCCn1c(SCCC(N)=O)nc2ccccc2c1=O. The predicted molar refractivity (Wildman–Crippen MR) is 94.7 cm³/mol. The zero-order valence-electron chi connectivity index (χ0n) is 13.5. The van der Waals surface area contributed by atoms with Gasteiger partial charge in [-0.1, -0.05) is 50.1 Å². The van der Waals surface area contributed by atoms with Crippen molar-refractivity contribution < 1.29 is 4.79 Å². The van der Waals surface area contributed by atoms with Gasteiger partial charge in [0.25, 0.3) is 5.56 Å². The second-order valence-electron chi connectivity index (χ2n) is 5.49. The zero-order chi connectivity index (χ0) is 16.7. The second-order valence-corrected chi connectivity index (χ2v) is 6.56. The summed E-state index contributed by atoms with van der Waals surface area (Å²) in [7, 11) is 0. The van der Waals surface area contributed by atoms with Gasteiger partial charge >= 0.3 is 0 Å². The number of carbonyl (C=O) groups excluding carboxylic acids is 1. The van der Waals surface area contributed by atoms with Crippen LogP contribution in [0.5, 0.6) is 0 Å². The summed E-state index contributed by atoms with van der Waals surface area (Å²) in [6.45, 7) is 2.82. The van der Waals surface area contributed by atoms with Crippen molar-refractivity contribution in [3.8, 4) is 0 Å². The molecule has 0 aliphatic rings. The monoisotopic (exact) mass is 333 g/mol. The number of aromatic nitrogens is 2. The Hall–Kier alpha value is -1.82. The molecule has 0 spiro atoms. The molecule has 0 aliphatic heterocycles. The largest absolute Gasteiger partial charge is 0.370 e. The standard InChI is InChI=1S/C17H23N3O2S/c1-2-3-4-7-11-20-16(22)13-8-5-6-9-14(13)19-17(20)23-12-10-15(18)21/h5-6,8-9H,2-4,7,10-12H2,1H3,(H2,18,21). The summed E-state index contributed by atoms with van der Waals surface area (Å²) >= 11 is 1.42. The van der Waals surface area contributed by atoms with E-state index in [9.17, 15) is 9.59 Å². The summed E-state index contributed by atoms with van der Waals surface area (Å²) in [5, 5.41) is 1.31. The third-order valence-electron chi connectivity index (χ3n) is 3.64. The first-order valence-corrected chi connectivity index (χ1v) is 9.02. The summed E-state index contributed by atoms with van der Waals surface area (Å²) in [4.78, 5) is 28.3. The minimum atomic E-state index is -0.338. The third-order valence-corrected chi connectivity index (χ3v) is 4.62. The van der Waals surface area contributed by atoms with Crippen LogP contribution in [0.2, 0.25) is 0 Å². The number of para-hydroxylation sites is 1. The van der Waals surface area contributed by atoms with Gasteiger partial charge in [0.2, 0.25) is 5.91 Å². The van der Waals surface area contributed by atoms with Crippen molar-refractivity contribution in [3.63, 3.8) is 0 Å². The molecule has 0 radical (unpaired) electrons. The minimum absolute atomic E-state index is 0.00586. The Balaban J connectivity index is 2.28. The van der Waals surface area contributed by atoms with Crippen LogP contribution in [0.3, 0.4) is 0 Å². The lowest BCUT2D eigenvalue weighted by molar-refractivity contribution is -0.117. The van der Waals surface area contributed by atoms with Crippen molar-refractivity contribution in [1.82, 2.24) is 9.55 Å². The summed E-state index contributed by atoms with van der Waals surface area (Å²) in [6.07, 6.45) is 4.66. The Morgan fingerprint density at radius 3 is 2.78 bits per heavy atom. The molecule has 0 fully saturated rings. The van der Waals surface area contributed by atoms with Crippen molar-refractivity contribution in [1.29, 1.82) is 0 Å². The van der Waals surface area contributed by atoms with Crippen LogP contribution < -0.4 is 11.3 Å². The highest BCUT2D eigenvalue weighted by Crippen LogP contribution is 2.19. The van der Waals surface area contributed by atoms with E-state index in [1.54, 1.807) is 4.57 Å². The molecule has 23 heavy (non-hydrogen) atoms. The minimum Gasteiger partial charge on any atom is -0.370 e. The van der Waals surface area contributed by atoms with Gasteiger partial charge in [0.05, 0.1) is 10.9 Å². The fourth-order valence-corrected chi connectivity index (χ4v) is 3.37. The first-order valence-electron chi connectivity index (χ1n) is 8.04. The van der Waals surface area contributed by atoms with Crippen molar-refractivity contribution in [2.24, 2.45) is 5.73 Å². The molecule has 6 heteroatoms. The van der Waals surface area contributed by atoms with Crippen LogP contribution in [-0.2, 0) is 11.3 Å². The average molecular weight is 333 g/mol. The molecule has 1 heterocycles. The molecule has 0 saturated heterocycles. The van der Waals surface area contributed by atoms with E-state index >= 15 is 0 Å². The number of amides is 1.